The lowest BCUT2D eigenvalue weighted by molar-refractivity contribution is -0.141. The van der Waals surface area contributed by atoms with Crippen LogP contribution in [0, 0.1) is 0 Å². The molecule has 2 aromatic heterocycles. The normalized spacial score (nSPS) is 15.4. The third kappa shape index (κ3) is 3.57. The molecule has 3 heterocycles. The number of benzene rings is 1. The van der Waals surface area contributed by atoms with E-state index in [4.69, 9.17) is 11.6 Å². The van der Waals surface area contributed by atoms with Gasteiger partial charge in [-0.2, -0.15) is 13.2 Å². The van der Waals surface area contributed by atoms with Crippen molar-refractivity contribution in [1.29, 1.82) is 0 Å². The molecule has 1 aliphatic rings. The summed E-state index contributed by atoms with van der Waals surface area (Å²) in [6, 6.07) is 7.41. The summed E-state index contributed by atoms with van der Waals surface area (Å²) in [6.45, 7) is 0.612. The molecule has 0 unspecified atom stereocenters. The third-order valence-electron chi connectivity index (χ3n) is 4.38. The summed E-state index contributed by atoms with van der Waals surface area (Å²) in [5.41, 5.74) is 0.420. The Morgan fingerprint density at radius 1 is 1.04 bits per heavy atom. The average molecular weight is 408 g/mol. The number of hydrogen-bond acceptors (Lipinski definition) is 5. The third-order valence-corrected chi connectivity index (χ3v) is 4.62. The molecule has 0 atom stereocenters. The largest absolute Gasteiger partial charge is 0.433 e. The Kier molecular flexibility index (Phi) is 4.54. The molecule has 1 amide bonds. The number of rotatable bonds is 2. The van der Waals surface area contributed by atoms with Crippen LogP contribution in [0.25, 0.3) is 11.0 Å². The Balaban J connectivity index is 1.54. The van der Waals surface area contributed by atoms with Gasteiger partial charge in [0, 0.05) is 30.0 Å². The molecule has 10 heteroatoms. The van der Waals surface area contributed by atoms with Gasteiger partial charge in [0.25, 0.3) is 0 Å². The summed E-state index contributed by atoms with van der Waals surface area (Å²) in [5, 5.41) is 0.550. The molecule has 0 radical (unpaired) electrons. The van der Waals surface area contributed by atoms with E-state index in [1.165, 1.54) is 11.0 Å². The quantitative estimate of drug-likeness (QED) is 0.650. The number of pyridine rings is 1. The summed E-state index contributed by atoms with van der Waals surface area (Å²) in [6.07, 6.45) is -1.96. The maximum absolute atomic E-state index is 12.9. The van der Waals surface area contributed by atoms with Crippen LogP contribution in [0.1, 0.15) is 5.69 Å². The molecule has 0 aliphatic carbocycles. The molecule has 28 heavy (non-hydrogen) atoms. The minimum Gasteiger partial charge on any atom is -0.344 e. The molecule has 6 nitrogen and oxygen atoms in total. The van der Waals surface area contributed by atoms with Gasteiger partial charge in [-0.3, -0.25) is 14.8 Å². The van der Waals surface area contributed by atoms with Crippen LogP contribution in [0.3, 0.4) is 0 Å². The zero-order valence-corrected chi connectivity index (χ0v) is 15.1. The van der Waals surface area contributed by atoms with Crippen LogP contribution >= 0.6 is 11.6 Å². The van der Waals surface area contributed by atoms with Crippen molar-refractivity contribution in [2.45, 2.75) is 6.18 Å². The molecule has 1 aliphatic heterocycles. The van der Waals surface area contributed by atoms with Crippen molar-refractivity contribution in [2.24, 2.45) is 0 Å². The second-order valence-corrected chi connectivity index (χ2v) is 6.66. The van der Waals surface area contributed by atoms with Gasteiger partial charge in [-0.1, -0.05) is 11.6 Å². The van der Waals surface area contributed by atoms with E-state index in [2.05, 4.69) is 15.0 Å². The van der Waals surface area contributed by atoms with Gasteiger partial charge in [0.05, 0.1) is 23.8 Å². The Morgan fingerprint density at radius 3 is 2.61 bits per heavy atom. The molecule has 0 bridgehead atoms. The highest BCUT2D eigenvalue weighted by Gasteiger charge is 2.34. The molecular formula is C18H13ClF3N5O. The maximum Gasteiger partial charge on any atom is 0.433 e. The molecule has 144 valence electrons. The zero-order valence-electron chi connectivity index (χ0n) is 14.3. The minimum atomic E-state index is -4.57. The number of amides is 1. The first-order chi connectivity index (χ1) is 13.3. The van der Waals surface area contributed by atoms with Gasteiger partial charge in [-0.05, 0) is 30.3 Å². The van der Waals surface area contributed by atoms with Gasteiger partial charge in [-0.15, -0.1) is 0 Å². The fourth-order valence-electron chi connectivity index (χ4n) is 3.01. The fourth-order valence-corrected chi connectivity index (χ4v) is 3.18. The van der Waals surface area contributed by atoms with Crippen LogP contribution in [-0.2, 0) is 11.0 Å². The first kappa shape index (κ1) is 18.4. The fraction of sp³-hybridized carbons (Fsp3) is 0.222. The molecule has 0 N–H and O–H groups in total. The highest BCUT2D eigenvalue weighted by Crippen LogP contribution is 2.30. The van der Waals surface area contributed by atoms with Crippen LogP contribution < -0.4 is 9.80 Å². The number of halogens is 4. The van der Waals surface area contributed by atoms with Crippen molar-refractivity contribution >= 4 is 40.0 Å². The van der Waals surface area contributed by atoms with E-state index >= 15 is 0 Å². The van der Waals surface area contributed by atoms with Crippen LogP contribution in [0.5, 0.6) is 0 Å². The minimum absolute atomic E-state index is 0.0164. The van der Waals surface area contributed by atoms with E-state index in [-0.39, 0.29) is 24.7 Å². The number of carbonyl (C=O) groups is 1. The molecule has 1 aromatic carbocycles. The summed E-state index contributed by atoms with van der Waals surface area (Å²) < 4.78 is 38.6. The van der Waals surface area contributed by atoms with Crippen molar-refractivity contribution in [2.75, 3.05) is 29.4 Å². The maximum atomic E-state index is 12.9. The highest BCUT2D eigenvalue weighted by molar-refractivity contribution is 6.31. The predicted octanol–water partition coefficient (Wildman–Crippen LogP) is 3.55. The topological polar surface area (TPSA) is 62.2 Å². The van der Waals surface area contributed by atoms with E-state index in [9.17, 15) is 18.0 Å². The van der Waals surface area contributed by atoms with Crippen LogP contribution in [-0.4, -0.2) is 40.5 Å². The van der Waals surface area contributed by atoms with Gasteiger partial charge in [0.2, 0.25) is 5.91 Å². The smallest absolute Gasteiger partial charge is 0.344 e. The number of hydrogen-bond donors (Lipinski definition) is 0. The van der Waals surface area contributed by atoms with E-state index in [1.54, 1.807) is 29.3 Å². The second kappa shape index (κ2) is 6.90. The van der Waals surface area contributed by atoms with Crippen molar-refractivity contribution in [3.05, 3.63) is 53.4 Å². The lowest BCUT2D eigenvalue weighted by Gasteiger charge is -2.35. The Labute approximate surface area is 162 Å². The van der Waals surface area contributed by atoms with E-state index in [0.717, 1.165) is 12.3 Å². The number of carbonyl (C=O) groups excluding carboxylic acids is 1. The molecule has 1 saturated heterocycles. The Morgan fingerprint density at radius 2 is 1.86 bits per heavy atom. The van der Waals surface area contributed by atoms with Crippen molar-refractivity contribution in [1.82, 2.24) is 15.0 Å². The van der Waals surface area contributed by atoms with Gasteiger partial charge < -0.3 is 9.80 Å². The van der Waals surface area contributed by atoms with E-state index in [1.807, 2.05) is 0 Å². The SMILES string of the molecule is O=C1CN(c2cnc3cc(Cl)ccc3n2)CCN1c1ccnc(C(F)(F)F)c1. The lowest BCUT2D eigenvalue weighted by atomic mass is 10.2. The number of anilines is 2. The monoisotopic (exact) mass is 407 g/mol. The van der Waals surface area contributed by atoms with Gasteiger partial charge in [0.1, 0.15) is 11.5 Å². The zero-order chi connectivity index (χ0) is 19.9. The Bertz CT molecular complexity index is 1060. The van der Waals surface area contributed by atoms with Crippen molar-refractivity contribution in [3.8, 4) is 0 Å². The molecule has 1 fully saturated rings. The number of aromatic nitrogens is 3. The standard InChI is InChI=1S/C18H13ClF3N5O/c19-11-1-2-13-14(7-11)24-9-16(25-13)26-5-6-27(17(28)10-26)12-3-4-23-15(8-12)18(20,21)22/h1-4,7-9H,5-6,10H2. The molecule has 0 spiro atoms. The van der Waals surface area contributed by atoms with Crippen molar-refractivity contribution in [3.63, 3.8) is 0 Å². The first-order valence-electron chi connectivity index (χ1n) is 8.32. The number of fused-ring (bicyclic) bond motifs is 1. The second-order valence-electron chi connectivity index (χ2n) is 6.23. The summed E-state index contributed by atoms with van der Waals surface area (Å²) >= 11 is 5.94. The predicted molar refractivity (Wildman–Crippen MR) is 98.4 cm³/mol. The van der Waals surface area contributed by atoms with Crippen LogP contribution in [0.4, 0.5) is 24.7 Å². The summed E-state index contributed by atoms with van der Waals surface area (Å²) in [4.78, 5) is 27.8. The van der Waals surface area contributed by atoms with Gasteiger partial charge in [-0.25, -0.2) is 4.98 Å². The highest BCUT2D eigenvalue weighted by atomic mass is 35.5. The van der Waals surface area contributed by atoms with E-state index < -0.39 is 11.9 Å². The van der Waals surface area contributed by atoms with E-state index in [0.29, 0.717) is 28.4 Å². The van der Waals surface area contributed by atoms with Gasteiger partial charge in [0.15, 0.2) is 0 Å². The van der Waals surface area contributed by atoms with Gasteiger partial charge >= 0.3 is 6.18 Å². The average Bonchev–Trinajstić information content (AvgIpc) is 2.67. The Hall–Kier alpha value is -2.94. The summed E-state index contributed by atoms with van der Waals surface area (Å²) in [5.74, 6) is 0.192. The molecular weight excluding hydrogens is 395 g/mol. The number of piperazine rings is 1. The van der Waals surface area contributed by atoms with Crippen LogP contribution in [0.15, 0.2) is 42.7 Å². The number of alkyl halides is 3. The molecule has 3 aromatic rings. The first-order valence-corrected chi connectivity index (χ1v) is 8.70. The lowest BCUT2D eigenvalue weighted by Crippen LogP contribution is -2.51. The molecule has 4 rings (SSSR count). The molecule has 0 saturated carbocycles. The van der Waals surface area contributed by atoms with Crippen LogP contribution in [0.2, 0.25) is 5.02 Å². The van der Waals surface area contributed by atoms with Crippen molar-refractivity contribution < 1.29 is 18.0 Å². The number of nitrogens with zero attached hydrogens (tertiary/aromatic N) is 5. The summed E-state index contributed by atoms with van der Waals surface area (Å²) in [7, 11) is 0.